The number of nitrogens with two attached hydrogens (primary N) is 1. The molecule has 3 N–H and O–H groups in total. The topological polar surface area (TPSA) is 106 Å². The predicted molar refractivity (Wildman–Crippen MR) is 115 cm³/mol. The molecule has 0 radical (unpaired) electrons. The van der Waals surface area contributed by atoms with E-state index in [9.17, 15) is 22.8 Å². The number of benzene rings is 2. The lowest BCUT2D eigenvalue weighted by atomic mass is 10.1. The molecule has 2 amide bonds. The smallest absolute Gasteiger partial charge is 0.273 e. The Labute approximate surface area is 186 Å². The van der Waals surface area contributed by atoms with Gasteiger partial charge in [0.2, 0.25) is 5.91 Å². The van der Waals surface area contributed by atoms with Gasteiger partial charge in [-0.2, -0.15) is 10.2 Å². The number of aromatic nitrogens is 2. The second-order valence-corrected chi connectivity index (χ2v) is 7.51. The molecule has 2 aromatic carbocycles. The second kappa shape index (κ2) is 8.77. The van der Waals surface area contributed by atoms with E-state index >= 15 is 0 Å². The second-order valence-electron chi connectivity index (χ2n) is 7.51. The fourth-order valence-corrected chi connectivity index (χ4v) is 3.47. The van der Waals surface area contributed by atoms with Crippen LogP contribution in [0.25, 0.3) is 0 Å². The van der Waals surface area contributed by atoms with Crippen LogP contribution in [0.1, 0.15) is 17.5 Å². The molecular weight excluding hydrogens is 437 g/mol. The van der Waals surface area contributed by atoms with E-state index in [0.29, 0.717) is 11.3 Å². The molecule has 3 aromatic rings. The molecule has 1 atom stereocenters. The minimum absolute atomic E-state index is 0.0206. The number of amides is 2. The number of carbonyl (C=O) groups is 2. The van der Waals surface area contributed by atoms with Crippen molar-refractivity contribution in [3.05, 3.63) is 77.2 Å². The Morgan fingerprint density at radius 3 is 2.52 bits per heavy atom. The monoisotopic (exact) mass is 456 g/mol. The Hall–Kier alpha value is -4.15. The third kappa shape index (κ3) is 4.56. The van der Waals surface area contributed by atoms with Crippen LogP contribution in [0.5, 0.6) is 0 Å². The van der Waals surface area contributed by atoms with E-state index in [1.807, 2.05) is 0 Å². The average Bonchev–Trinajstić information content (AvgIpc) is 3.37. The molecule has 170 valence electrons. The van der Waals surface area contributed by atoms with Crippen LogP contribution in [0.3, 0.4) is 0 Å². The Morgan fingerprint density at radius 2 is 1.82 bits per heavy atom. The van der Waals surface area contributed by atoms with Gasteiger partial charge in [-0.1, -0.05) is 0 Å². The van der Waals surface area contributed by atoms with Crippen LogP contribution < -0.4 is 16.1 Å². The number of aryl methyl sites for hydroxylation is 1. The van der Waals surface area contributed by atoms with E-state index in [4.69, 9.17) is 5.73 Å². The first-order chi connectivity index (χ1) is 15.7. The van der Waals surface area contributed by atoms with Gasteiger partial charge in [-0.05, 0) is 49.4 Å². The van der Waals surface area contributed by atoms with Crippen molar-refractivity contribution in [1.82, 2.24) is 9.78 Å². The molecule has 0 spiro atoms. The molecule has 1 unspecified atom stereocenters. The van der Waals surface area contributed by atoms with Crippen molar-refractivity contribution in [1.29, 1.82) is 0 Å². The third-order valence-corrected chi connectivity index (χ3v) is 5.17. The van der Waals surface area contributed by atoms with Gasteiger partial charge in [-0.3, -0.25) is 14.6 Å². The molecule has 0 fully saturated rings. The normalized spacial score (nSPS) is 15.5. The van der Waals surface area contributed by atoms with Crippen LogP contribution in [0.4, 0.5) is 24.7 Å². The number of halogens is 3. The van der Waals surface area contributed by atoms with Gasteiger partial charge in [0.05, 0.1) is 18.4 Å². The quantitative estimate of drug-likeness (QED) is 0.595. The van der Waals surface area contributed by atoms with Crippen molar-refractivity contribution >= 4 is 29.0 Å². The molecule has 4 rings (SSSR count). The number of hydrogen-bond acceptors (Lipinski definition) is 5. The summed E-state index contributed by atoms with van der Waals surface area (Å²) in [4.78, 5) is 24.9. The molecule has 0 aliphatic carbocycles. The molecular formula is C22H19F3N6O2. The zero-order valence-electron chi connectivity index (χ0n) is 17.4. The fourth-order valence-electron chi connectivity index (χ4n) is 3.47. The Morgan fingerprint density at radius 1 is 1.12 bits per heavy atom. The first-order valence-electron chi connectivity index (χ1n) is 9.92. The minimum Gasteiger partial charge on any atom is -0.368 e. The number of nitrogens with one attached hydrogen (secondary N) is 1. The summed E-state index contributed by atoms with van der Waals surface area (Å²) in [5.41, 5.74) is 6.53. The lowest BCUT2D eigenvalue weighted by Crippen LogP contribution is -2.39. The molecule has 1 aliphatic rings. The minimum atomic E-state index is -0.927. The molecule has 0 saturated carbocycles. The summed E-state index contributed by atoms with van der Waals surface area (Å²) < 4.78 is 42.2. The van der Waals surface area contributed by atoms with Crippen LogP contribution in [0.15, 0.2) is 53.8 Å². The molecule has 33 heavy (non-hydrogen) atoms. The highest BCUT2D eigenvalue weighted by molar-refractivity contribution is 6.44. The van der Waals surface area contributed by atoms with Crippen LogP contribution in [0.2, 0.25) is 0 Å². The van der Waals surface area contributed by atoms with Gasteiger partial charge >= 0.3 is 0 Å². The van der Waals surface area contributed by atoms with Crippen molar-refractivity contribution in [2.45, 2.75) is 25.9 Å². The Kier molecular flexibility index (Phi) is 5.86. The van der Waals surface area contributed by atoms with E-state index in [1.54, 1.807) is 6.92 Å². The largest absolute Gasteiger partial charge is 0.368 e. The number of anilines is 2. The molecule has 0 saturated heterocycles. The first kappa shape index (κ1) is 22.1. The lowest BCUT2D eigenvalue weighted by molar-refractivity contribution is -0.119. The number of hydrogen-bond donors (Lipinski definition) is 2. The highest BCUT2D eigenvalue weighted by Gasteiger charge is 2.35. The van der Waals surface area contributed by atoms with Crippen molar-refractivity contribution in [2.75, 3.05) is 10.3 Å². The van der Waals surface area contributed by atoms with Gasteiger partial charge < -0.3 is 11.1 Å². The van der Waals surface area contributed by atoms with Gasteiger partial charge in [0.1, 0.15) is 35.0 Å². The van der Waals surface area contributed by atoms with Gasteiger partial charge in [0, 0.05) is 17.5 Å². The van der Waals surface area contributed by atoms with Crippen LogP contribution in [-0.4, -0.2) is 33.3 Å². The average molecular weight is 456 g/mol. The maximum absolute atomic E-state index is 14.1. The molecule has 0 bridgehead atoms. The fraction of sp³-hybridized carbons (Fsp3) is 0.182. The van der Waals surface area contributed by atoms with Gasteiger partial charge in [0.15, 0.2) is 0 Å². The summed E-state index contributed by atoms with van der Waals surface area (Å²) in [5.74, 6) is -2.72. The first-order valence-corrected chi connectivity index (χ1v) is 9.92. The standard InChI is InChI=1S/C22H19F3N6O2/c1-12-10-27-30(11-13-8-15(24)4-7-17(13)25)21(12)28-22(33)18-9-19(20(26)32)31(29-18)16-5-2-14(23)3-6-16/h2-8,10,19H,9,11H2,1H3,(H2,26,32)(H,28,33). The van der Waals surface area contributed by atoms with E-state index < -0.39 is 35.3 Å². The highest BCUT2D eigenvalue weighted by atomic mass is 19.1. The van der Waals surface area contributed by atoms with Crippen molar-refractivity contribution in [2.24, 2.45) is 10.8 Å². The maximum Gasteiger partial charge on any atom is 0.273 e. The molecule has 11 heteroatoms. The summed E-state index contributed by atoms with van der Waals surface area (Å²) in [5, 5.41) is 12.3. The van der Waals surface area contributed by atoms with Gasteiger partial charge in [0.25, 0.3) is 5.91 Å². The number of rotatable bonds is 6. The summed E-state index contributed by atoms with van der Waals surface area (Å²) in [6, 6.07) is 7.39. The zero-order valence-corrected chi connectivity index (χ0v) is 17.4. The van der Waals surface area contributed by atoms with Crippen molar-refractivity contribution < 1.29 is 22.8 Å². The van der Waals surface area contributed by atoms with E-state index in [0.717, 1.165) is 18.2 Å². The van der Waals surface area contributed by atoms with E-state index in [-0.39, 0.29) is 30.1 Å². The molecule has 2 heterocycles. The SMILES string of the molecule is Cc1cnn(Cc2cc(F)ccc2F)c1NC(=O)C1=NN(c2ccc(F)cc2)C(C(N)=O)C1. The molecule has 1 aliphatic heterocycles. The number of carbonyl (C=O) groups excluding carboxylic acids is 2. The van der Waals surface area contributed by atoms with Crippen molar-refractivity contribution in [3.8, 4) is 0 Å². The van der Waals surface area contributed by atoms with Gasteiger partial charge in [-0.25, -0.2) is 17.9 Å². The summed E-state index contributed by atoms with van der Waals surface area (Å²) in [6.07, 6.45) is 1.41. The van der Waals surface area contributed by atoms with Gasteiger partial charge in [-0.15, -0.1) is 0 Å². The number of nitrogens with zero attached hydrogens (tertiary/aromatic N) is 4. The molecule has 1 aromatic heterocycles. The van der Waals surface area contributed by atoms with Crippen molar-refractivity contribution in [3.63, 3.8) is 0 Å². The number of hydrazone groups is 1. The molecule has 8 nitrogen and oxygen atoms in total. The Balaban J connectivity index is 1.58. The predicted octanol–water partition coefficient (Wildman–Crippen LogP) is 2.72. The summed E-state index contributed by atoms with van der Waals surface area (Å²) in [6.45, 7) is 1.57. The maximum atomic E-state index is 14.1. The van der Waals surface area contributed by atoms with E-state index in [1.165, 1.54) is 40.2 Å². The summed E-state index contributed by atoms with van der Waals surface area (Å²) in [7, 11) is 0. The zero-order chi connectivity index (χ0) is 23.7. The lowest BCUT2D eigenvalue weighted by Gasteiger charge is -2.20. The van der Waals surface area contributed by atoms with Crippen LogP contribution in [0, 0.1) is 24.4 Å². The number of primary amides is 1. The van der Waals surface area contributed by atoms with Crippen LogP contribution >= 0.6 is 0 Å². The summed E-state index contributed by atoms with van der Waals surface area (Å²) >= 11 is 0. The van der Waals surface area contributed by atoms with E-state index in [2.05, 4.69) is 15.5 Å². The van der Waals surface area contributed by atoms with Crippen LogP contribution in [-0.2, 0) is 16.1 Å². The third-order valence-electron chi connectivity index (χ3n) is 5.17. The Bertz CT molecular complexity index is 1260. The highest BCUT2D eigenvalue weighted by Crippen LogP contribution is 2.26.